The lowest BCUT2D eigenvalue weighted by Crippen LogP contribution is -2.52. The zero-order valence-corrected chi connectivity index (χ0v) is 55.7. The summed E-state index contributed by atoms with van der Waals surface area (Å²) >= 11 is 4.40. The van der Waals surface area contributed by atoms with Gasteiger partial charge in [-0.1, -0.05) is 123 Å². The quantitative estimate of drug-likeness (QED) is 0.119. The third-order valence-corrected chi connectivity index (χ3v) is 20.3. The topological polar surface area (TPSA) is 56.3 Å². The summed E-state index contributed by atoms with van der Waals surface area (Å²) in [5.74, 6) is 1.36. The summed E-state index contributed by atoms with van der Waals surface area (Å²) in [5.41, 5.74) is 22.6. The first kappa shape index (κ1) is 61.9. The van der Waals surface area contributed by atoms with Gasteiger partial charge in [0.15, 0.2) is 20.8 Å². The molecule has 83 heavy (non-hydrogen) atoms. The Morgan fingerprint density at radius 3 is 1.36 bits per heavy atom. The van der Waals surface area contributed by atoms with Crippen molar-refractivity contribution in [1.29, 1.82) is 0 Å². The average Bonchev–Trinajstić information content (AvgIpc) is 1.63. The zero-order chi connectivity index (χ0) is 60.0. The van der Waals surface area contributed by atoms with Crippen molar-refractivity contribution in [3.8, 4) is 0 Å². The summed E-state index contributed by atoms with van der Waals surface area (Å²) in [6.45, 7) is 19.3. The minimum atomic E-state index is -4.14. The lowest BCUT2D eigenvalue weighted by molar-refractivity contribution is -0.362. The van der Waals surface area contributed by atoms with Crippen molar-refractivity contribution in [2.75, 3.05) is 0 Å². The van der Waals surface area contributed by atoms with Gasteiger partial charge in [0.05, 0.1) is 14.8 Å². The van der Waals surface area contributed by atoms with Gasteiger partial charge in [0.1, 0.15) is 0 Å². The fourth-order valence-corrected chi connectivity index (χ4v) is 16.7. The number of benzene rings is 2. The Hall–Kier alpha value is -4.19. The largest absolute Gasteiger partial charge is 0.738 e. The van der Waals surface area contributed by atoms with Crippen molar-refractivity contribution in [3.05, 3.63) is 177 Å². The molecule has 0 bridgehead atoms. The first-order valence-corrected chi connectivity index (χ1v) is 32.8. The molecule has 0 atom stereocenters. The Morgan fingerprint density at radius 2 is 0.880 bits per heavy atom. The number of aryl methyl sites for hydroxylation is 4. The molecule has 0 spiro atoms. The van der Waals surface area contributed by atoms with Crippen LogP contribution < -0.4 is 0 Å². The molecule has 0 unspecified atom stereocenters. The van der Waals surface area contributed by atoms with E-state index in [9.17, 15) is 0 Å². The van der Waals surface area contributed by atoms with E-state index >= 15 is 17.3 Å². The molecule has 440 valence electrons. The smallest absolute Gasteiger partial charge is 0.424 e. The molecule has 0 amide bonds. The number of allylic oxidation sites excluding steroid dienone is 8. The minimum Gasteiger partial charge on any atom is -0.424 e. The van der Waals surface area contributed by atoms with Gasteiger partial charge in [-0.25, -0.2) is 0 Å². The van der Waals surface area contributed by atoms with E-state index in [1.54, 1.807) is 6.08 Å². The van der Waals surface area contributed by atoms with Gasteiger partial charge in [-0.2, -0.15) is 0 Å². The maximum Gasteiger partial charge on any atom is 0.738 e. The zero-order valence-electron chi connectivity index (χ0n) is 51.4. The second-order valence-corrected chi connectivity index (χ2v) is 29.9. The number of rotatable bonds is 5. The van der Waals surface area contributed by atoms with Crippen molar-refractivity contribution >= 4 is 92.9 Å². The van der Waals surface area contributed by atoms with E-state index < -0.39 is 21.1 Å². The summed E-state index contributed by atoms with van der Waals surface area (Å²) in [7, 11) is -1.32. The van der Waals surface area contributed by atoms with Crippen LogP contribution in [0, 0.1) is 47.6 Å². The first-order valence-electron chi connectivity index (χ1n) is 30.7. The molecule has 2 aromatic heterocycles. The maximum absolute atomic E-state index is 17.7. The molecule has 2 N–H and O–H groups in total. The Balaban J connectivity index is 0.000000166. The third-order valence-electron chi connectivity index (χ3n) is 17.9. The van der Waals surface area contributed by atoms with E-state index in [1.165, 1.54) is 35.0 Å². The van der Waals surface area contributed by atoms with Crippen LogP contribution in [0.15, 0.2) is 100 Å². The average molecular weight is 1350 g/mol. The number of fused-ring (bicyclic) bond motifs is 10. The summed E-state index contributed by atoms with van der Waals surface area (Å²) < 4.78 is 75.9. The second kappa shape index (κ2) is 23.2. The van der Waals surface area contributed by atoms with Crippen molar-refractivity contribution in [3.63, 3.8) is 0 Å². The fraction of sp³-hybridized carbons (Fsp3) is 0.471. The molecular weight excluding hydrogens is 1270 g/mol. The molecule has 2 aromatic carbocycles. The van der Waals surface area contributed by atoms with Crippen LogP contribution in [0.1, 0.15) is 212 Å². The lowest BCUT2D eigenvalue weighted by Gasteiger charge is -2.35. The number of nitrogens with zero attached hydrogens (tertiary/aromatic N) is 4. The van der Waals surface area contributed by atoms with Crippen LogP contribution in [0.25, 0.3) is 17.2 Å². The predicted octanol–water partition coefficient (Wildman–Crippen LogP) is 17.9. The molecule has 4 aliphatic heterocycles. The molecule has 4 aliphatic carbocycles. The van der Waals surface area contributed by atoms with Crippen molar-refractivity contribution in [1.82, 2.24) is 8.96 Å². The molecule has 0 radical (unpaired) electrons. The number of hydrogen-bond acceptors (Lipinski definition) is 2. The van der Waals surface area contributed by atoms with Crippen molar-refractivity contribution in [2.45, 2.75) is 193 Å². The Morgan fingerprint density at radius 1 is 0.494 bits per heavy atom. The van der Waals surface area contributed by atoms with Crippen LogP contribution in [-0.4, -0.2) is 58.5 Å². The van der Waals surface area contributed by atoms with Crippen LogP contribution in [0.4, 0.5) is 17.3 Å². The number of halogens is 6. The number of aromatic nitrogens is 2. The lowest BCUT2D eigenvalue weighted by atomic mass is 9.79. The Kier molecular flexibility index (Phi) is 17.3. The molecule has 4 aromatic rings. The highest BCUT2D eigenvalue weighted by molar-refractivity contribution is 14.1. The predicted molar refractivity (Wildman–Crippen MR) is 357 cm³/mol. The second-order valence-electron chi connectivity index (χ2n) is 27.9. The standard InChI is InChI=1S/C37H47BF2N2.C25H25BF2I2N2.C6H13BO2/c1-24-14-13-15-25(2)32(24)33-34-28-18-11-9-16-26(28)30(20-22-36(3,4)5)41(34)38(39,40)42-31(21-23-37(6,7)8)27-17-10-12-19-29(27)35(33)42;1-14-8-7-9-15(2)20(14)21-22-16-10-3-5-12-18(16)24(29)31(22)26(27,28)32-23(21)17-11-4-6-13-19(17)25(32)30;1-6(2,3)4-5-7(8)9/h13-15,20-23H,9-12,16-19H2,1-8H3;7-9H,3-6,10-13H2,1-2H3;4-5,8-9H,1-3H3/b22-20+,23-21+;;5-4+. The minimum absolute atomic E-state index is 0.0315. The van der Waals surface area contributed by atoms with Gasteiger partial charge >= 0.3 is 21.1 Å². The molecule has 0 saturated carbocycles. The van der Waals surface area contributed by atoms with Gasteiger partial charge in [-0.3, -0.25) is 0 Å². The molecule has 8 aliphatic rings. The fourth-order valence-electron chi connectivity index (χ4n) is 14.3. The van der Waals surface area contributed by atoms with Gasteiger partial charge in [0, 0.05) is 68.0 Å². The van der Waals surface area contributed by atoms with Gasteiger partial charge in [-0.15, -0.1) is 0 Å². The summed E-state index contributed by atoms with van der Waals surface area (Å²) in [4.78, 5) is 0. The first-order chi connectivity index (χ1) is 39.0. The van der Waals surface area contributed by atoms with Crippen molar-refractivity contribution < 1.29 is 36.3 Å². The monoisotopic (exact) mass is 1350 g/mol. The summed E-state index contributed by atoms with van der Waals surface area (Å²) in [5, 5.41) is 16.8. The van der Waals surface area contributed by atoms with Gasteiger partial charge < -0.3 is 45.2 Å². The molecule has 0 saturated heterocycles. The maximum atomic E-state index is 17.7. The molecule has 0 fully saturated rings. The molecular formula is C68H85B3F4I2N4O2. The SMILES string of the molecule is CC(C)(C)/C=C/B(O)O.Cc1cccc(C)c1C1=C2C3=C(CCCC3)C(/C=C/C(C)(C)C)=[N+]2[B-](F)(F)n2c(/C=C/C(C)(C)C)c3c(c21)CCCC3.Cc1cccc(C)c1C1=C2C3=C(CCCC3)C(I)=[N+]2[B-](F)(F)n2c(I)c3c(c21)CCCC3. The van der Waals surface area contributed by atoms with Crippen LogP contribution in [0.5, 0.6) is 0 Å². The highest BCUT2D eigenvalue weighted by atomic mass is 127. The summed E-state index contributed by atoms with van der Waals surface area (Å²) in [6, 6.07) is 12.7. The van der Waals surface area contributed by atoms with Gasteiger partial charge in [0.25, 0.3) is 0 Å². The molecule has 6 heterocycles. The normalized spacial score (nSPS) is 20.1. The van der Waals surface area contributed by atoms with E-state index in [0.717, 1.165) is 211 Å². The van der Waals surface area contributed by atoms with E-state index in [0.29, 0.717) is 11.4 Å². The van der Waals surface area contributed by atoms with Crippen LogP contribution in [-0.2, 0) is 25.7 Å². The van der Waals surface area contributed by atoms with Crippen molar-refractivity contribution in [2.24, 2.45) is 16.2 Å². The van der Waals surface area contributed by atoms with Crippen LogP contribution in [0.2, 0.25) is 0 Å². The molecule has 15 heteroatoms. The van der Waals surface area contributed by atoms with E-state index in [1.807, 2.05) is 32.9 Å². The summed E-state index contributed by atoms with van der Waals surface area (Å²) in [6.07, 6.45) is 25.6. The highest BCUT2D eigenvalue weighted by Gasteiger charge is 2.60. The van der Waals surface area contributed by atoms with Crippen LogP contribution in [0.3, 0.4) is 0 Å². The van der Waals surface area contributed by atoms with E-state index in [2.05, 4.69) is 163 Å². The van der Waals surface area contributed by atoms with Gasteiger partial charge in [0.2, 0.25) is 0 Å². The highest BCUT2D eigenvalue weighted by Crippen LogP contribution is 2.54. The van der Waals surface area contributed by atoms with E-state index in [-0.39, 0.29) is 16.2 Å². The van der Waals surface area contributed by atoms with Gasteiger partial charge in [-0.05, 0) is 231 Å². The number of hydrogen-bond donors (Lipinski definition) is 2. The Labute approximate surface area is 520 Å². The Bertz CT molecular complexity index is 3590. The van der Waals surface area contributed by atoms with Crippen LogP contribution >= 0.6 is 45.2 Å². The molecule has 12 rings (SSSR count). The van der Waals surface area contributed by atoms with E-state index in [4.69, 9.17) is 10.0 Å². The molecule has 6 nitrogen and oxygen atoms in total. The third kappa shape index (κ3) is 11.4.